The van der Waals surface area contributed by atoms with Crippen LogP contribution in [-0.2, 0) is 4.74 Å². The quantitative estimate of drug-likeness (QED) is 0.486. The zero-order chi connectivity index (χ0) is 25.7. The number of carbonyl (C=O) groups is 1. The zero-order valence-corrected chi connectivity index (χ0v) is 20.6. The second kappa shape index (κ2) is 9.32. The smallest absolute Gasteiger partial charge is 0.363 e. The van der Waals surface area contributed by atoms with Crippen LogP contribution in [0.25, 0.3) is 11.3 Å². The number of carbonyl (C=O) groups excluding carboxylic acids is 1. The number of hydrogen-bond donors (Lipinski definition) is 2. The molecule has 1 saturated heterocycles. The summed E-state index contributed by atoms with van der Waals surface area (Å²) in [5.41, 5.74) is 5.82. The highest BCUT2D eigenvalue weighted by Crippen LogP contribution is 2.39. The van der Waals surface area contributed by atoms with Gasteiger partial charge in [0.15, 0.2) is 11.3 Å². The molecule has 0 radical (unpaired) electrons. The second-order valence-corrected chi connectivity index (χ2v) is 10.5. The molecule has 1 aliphatic heterocycles. The Morgan fingerprint density at radius 1 is 1.27 bits per heavy atom. The van der Waals surface area contributed by atoms with E-state index >= 15 is 0 Å². The number of ether oxygens (including phenoxy) is 1. The first-order valence-electron chi connectivity index (χ1n) is 13.0. The van der Waals surface area contributed by atoms with Crippen molar-refractivity contribution in [1.29, 1.82) is 0 Å². The Morgan fingerprint density at radius 2 is 2.05 bits per heavy atom. The lowest BCUT2D eigenvalue weighted by atomic mass is 9.79. The molecule has 0 atom stereocenters. The highest BCUT2D eigenvalue weighted by Gasteiger charge is 2.43. The Hall–Kier alpha value is -3.12. The maximum Gasteiger partial charge on any atom is 0.363 e. The van der Waals surface area contributed by atoms with E-state index in [0.29, 0.717) is 24.6 Å². The molecule has 3 N–H and O–H groups in total. The van der Waals surface area contributed by atoms with Crippen LogP contribution in [-0.4, -0.2) is 62.4 Å². The SMILES string of the molecule is NC(=O)c1cn(-c2cn([C@H]3CC[C@H](CO)CC3)nc2C(F)F)[n+]2ccc(N3CCOC4(CCC4)C3)nc12. The summed E-state index contributed by atoms with van der Waals surface area (Å²) < 4.78 is 38.9. The topological polar surface area (TPSA) is 116 Å². The summed E-state index contributed by atoms with van der Waals surface area (Å²) in [7, 11) is 0. The number of nitrogens with zero attached hydrogens (tertiary/aromatic N) is 6. The van der Waals surface area contributed by atoms with E-state index in [1.54, 1.807) is 21.6 Å². The molecule has 12 heteroatoms. The molecule has 0 bridgehead atoms. The van der Waals surface area contributed by atoms with Gasteiger partial charge in [-0.15, -0.1) is 4.52 Å². The standard InChI is InChI=1S/C25H31F2N7O3/c26-22(27)21-19(13-32(30-21)17-4-2-16(14-35)3-5-17)34-12-18(23(28)36)24-29-20(6-9-33(24)34)31-10-11-37-25(15-31)7-1-8-25/h6,9,12-13,16-17,22,35H,1-5,7-8,10-11,14-15H2,(H-,28,36)/p+1/t16-,17-. The van der Waals surface area contributed by atoms with Gasteiger partial charge in [0.2, 0.25) is 5.82 Å². The van der Waals surface area contributed by atoms with Crippen molar-refractivity contribution in [3.63, 3.8) is 0 Å². The number of hydrogen-bond acceptors (Lipinski definition) is 6. The summed E-state index contributed by atoms with van der Waals surface area (Å²) >= 11 is 0. The Morgan fingerprint density at radius 3 is 2.70 bits per heavy atom. The molecule has 0 unspecified atom stereocenters. The monoisotopic (exact) mass is 516 g/mol. The Kier molecular flexibility index (Phi) is 6.10. The van der Waals surface area contributed by atoms with Crippen molar-refractivity contribution in [2.24, 2.45) is 11.7 Å². The molecular formula is C25H32F2N7O3+. The first-order chi connectivity index (χ1) is 17.9. The molecular weight excluding hydrogens is 484 g/mol. The maximum atomic E-state index is 14.1. The van der Waals surface area contributed by atoms with E-state index in [0.717, 1.165) is 51.5 Å². The Bertz CT molecular complexity index is 1310. The molecule has 0 aromatic carbocycles. The molecule has 3 aliphatic rings. The van der Waals surface area contributed by atoms with Crippen molar-refractivity contribution in [3.8, 4) is 5.69 Å². The highest BCUT2D eigenvalue weighted by molar-refractivity contribution is 5.97. The molecule has 2 aliphatic carbocycles. The molecule has 2 saturated carbocycles. The predicted octanol–water partition coefficient (Wildman–Crippen LogP) is 2.33. The minimum absolute atomic E-state index is 0.0265. The molecule has 198 valence electrons. The van der Waals surface area contributed by atoms with E-state index in [4.69, 9.17) is 15.5 Å². The van der Waals surface area contributed by atoms with Crippen molar-refractivity contribution in [3.05, 3.63) is 35.9 Å². The Labute approximate surface area is 212 Å². The van der Waals surface area contributed by atoms with Gasteiger partial charge in [-0.05, 0) is 55.8 Å². The number of morpholine rings is 1. The van der Waals surface area contributed by atoms with Gasteiger partial charge < -0.3 is 20.5 Å². The van der Waals surface area contributed by atoms with Gasteiger partial charge in [0.1, 0.15) is 11.9 Å². The molecule has 3 aromatic heterocycles. The van der Waals surface area contributed by atoms with Gasteiger partial charge in [-0.25, -0.2) is 8.78 Å². The number of aliphatic hydroxyl groups excluding tert-OH is 1. The van der Waals surface area contributed by atoms with Gasteiger partial charge in [-0.2, -0.15) is 9.78 Å². The van der Waals surface area contributed by atoms with Crippen LogP contribution in [0.4, 0.5) is 14.6 Å². The largest absolute Gasteiger partial charge is 0.396 e. The van der Waals surface area contributed by atoms with Gasteiger partial charge in [0, 0.05) is 19.2 Å². The summed E-state index contributed by atoms with van der Waals surface area (Å²) in [6.07, 6.45) is 8.33. The van der Waals surface area contributed by atoms with Crippen LogP contribution in [0.5, 0.6) is 0 Å². The molecule has 4 heterocycles. The van der Waals surface area contributed by atoms with E-state index in [2.05, 4.69) is 10.00 Å². The average Bonchev–Trinajstić information content (AvgIpc) is 3.50. The number of aromatic nitrogens is 5. The van der Waals surface area contributed by atoms with E-state index in [1.165, 1.54) is 10.9 Å². The molecule has 3 fully saturated rings. The summed E-state index contributed by atoms with van der Waals surface area (Å²) in [4.78, 5) is 19.3. The third-order valence-corrected chi connectivity index (χ3v) is 8.27. The third kappa shape index (κ3) is 4.25. The number of amides is 1. The van der Waals surface area contributed by atoms with Crippen LogP contribution in [0.3, 0.4) is 0 Å². The van der Waals surface area contributed by atoms with Gasteiger partial charge in [-0.1, -0.05) is 0 Å². The fraction of sp³-hybridized carbons (Fsp3) is 0.600. The predicted molar refractivity (Wildman–Crippen MR) is 129 cm³/mol. The van der Waals surface area contributed by atoms with Crippen molar-refractivity contribution in [1.82, 2.24) is 19.4 Å². The molecule has 6 rings (SSSR count). The van der Waals surface area contributed by atoms with E-state index < -0.39 is 12.3 Å². The van der Waals surface area contributed by atoms with E-state index in [-0.39, 0.29) is 41.1 Å². The van der Waals surface area contributed by atoms with Crippen LogP contribution >= 0.6 is 0 Å². The number of aliphatic hydroxyl groups is 1. The first-order valence-corrected chi connectivity index (χ1v) is 13.0. The first kappa shape index (κ1) is 24.2. The Balaban J connectivity index is 1.38. The molecule has 1 spiro atoms. The van der Waals surface area contributed by atoms with E-state index in [1.807, 2.05) is 6.07 Å². The lowest BCUT2D eigenvalue weighted by Gasteiger charge is -2.47. The van der Waals surface area contributed by atoms with Crippen LogP contribution < -0.4 is 15.1 Å². The van der Waals surface area contributed by atoms with Crippen molar-refractivity contribution in [2.45, 2.75) is 63.0 Å². The minimum atomic E-state index is -2.81. The van der Waals surface area contributed by atoms with Crippen LogP contribution in [0, 0.1) is 5.92 Å². The summed E-state index contributed by atoms with van der Waals surface area (Å²) in [5, 5.41) is 13.7. The van der Waals surface area contributed by atoms with Gasteiger partial charge >= 0.3 is 5.65 Å². The number of rotatable bonds is 6. The molecule has 10 nitrogen and oxygen atoms in total. The number of alkyl halides is 2. The van der Waals surface area contributed by atoms with Gasteiger partial charge in [0.05, 0.1) is 37.2 Å². The molecule has 3 aromatic rings. The zero-order valence-electron chi connectivity index (χ0n) is 20.6. The summed E-state index contributed by atoms with van der Waals surface area (Å²) in [6, 6.07) is 1.80. The van der Waals surface area contributed by atoms with Gasteiger partial charge in [-0.3, -0.25) is 9.48 Å². The van der Waals surface area contributed by atoms with Crippen molar-refractivity contribution < 1.29 is 27.9 Å². The normalized spacial score (nSPS) is 23.6. The number of fused-ring (bicyclic) bond motifs is 1. The molecule has 37 heavy (non-hydrogen) atoms. The maximum absolute atomic E-state index is 14.1. The third-order valence-electron chi connectivity index (χ3n) is 8.27. The average molecular weight is 517 g/mol. The number of nitrogens with two attached hydrogens (primary N) is 1. The summed E-state index contributed by atoms with van der Waals surface area (Å²) in [5.74, 6) is 0.251. The number of anilines is 1. The van der Waals surface area contributed by atoms with Crippen LogP contribution in [0.1, 0.15) is 73.5 Å². The van der Waals surface area contributed by atoms with Crippen molar-refractivity contribution >= 4 is 17.4 Å². The van der Waals surface area contributed by atoms with Gasteiger partial charge in [0.25, 0.3) is 12.3 Å². The fourth-order valence-corrected chi connectivity index (χ4v) is 5.96. The van der Waals surface area contributed by atoms with Crippen LogP contribution in [0.15, 0.2) is 24.7 Å². The minimum Gasteiger partial charge on any atom is -0.396 e. The number of primary amides is 1. The van der Waals surface area contributed by atoms with Crippen molar-refractivity contribution in [2.75, 3.05) is 31.2 Å². The lowest BCUT2D eigenvalue weighted by Crippen LogP contribution is -2.56. The summed E-state index contributed by atoms with van der Waals surface area (Å²) in [6.45, 7) is 2.15. The number of halogens is 2. The highest BCUT2D eigenvalue weighted by atomic mass is 19.3. The fourth-order valence-electron chi connectivity index (χ4n) is 5.96. The van der Waals surface area contributed by atoms with E-state index in [9.17, 15) is 18.7 Å². The second-order valence-electron chi connectivity index (χ2n) is 10.5. The lowest BCUT2D eigenvalue weighted by molar-refractivity contribution is -0.600. The molecule has 1 amide bonds. The van der Waals surface area contributed by atoms with Crippen LogP contribution in [0.2, 0.25) is 0 Å².